The minimum absolute atomic E-state index is 0.0975. The molecule has 2 aromatic rings. The highest BCUT2D eigenvalue weighted by Gasteiger charge is 2.43. The number of hydrogen-bond acceptors (Lipinski definition) is 5. The van der Waals surface area contributed by atoms with E-state index in [0.717, 1.165) is 29.1 Å². The molecule has 1 fully saturated rings. The maximum Gasteiger partial charge on any atom is 0.259 e. The summed E-state index contributed by atoms with van der Waals surface area (Å²) < 4.78 is 5.52. The van der Waals surface area contributed by atoms with E-state index in [1.807, 2.05) is 36.6 Å². The molecule has 0 saturated heterocycles. The molecule has 0 bridgehead atoms. The number of aromatic nitrogens is 1. The number of ether oxygens (including phenoxy) is 1. The van der Waals surface area contributed by atoms with E-state index < -0.39 is 5.54 Å². The quantitative estimate of drug-likeness (QED) is 0.875. The van der Waals surface area contributed by atoms with Crippen molar-refractivity contribution in [2.24, 2.45) is 5.92 Å². The van der Waals surface area contributed by atoms with Crippen molar-refractivity contribution in [2.75, 3.05) is 6.61 Å². The highest BCUT2D eigenvalue weighted by Crippen LogP contribution is 2.39. The molecule has 1 atom stereocenters. The molecule has 1 amide bonds. The first-order valence-corrected chi connectivity index (χ1v) is 8.76. The minimum Gasteiger partial charge on any atom is -0.484 e. The molecule has 24 heavy (non-hydrogen) atoms. The standard InChI is InChI=1S/C18H19N3O2S/c1-12-10-24-17(20-12)13-3-7-15(8-4-13)23-9-16(22)21-18(2,11-19)14-5-6-14/h3-4,7-8,10,14H,5-6,9H2,1-2H3,(H,21,22)/t18-/m0/s1. The van der Waals surface area contributed by atoms with Crippen LogP contribution in [-0.4, -0.2) is 23.0 Å². The highest BCUT2D eigenvalue weighted by molar-refractivity contribution is 7.13. The number of nitrogens with zero attached hydrogens (tertiary/aromatic N) is 2. The number of aryl methyl sites for hydroxylation is 1. The Hall–Kier alpha value is -2.39. The molecule has 0 unspecified atom stereocenters. The molecular weight excluding hydrogens is 322 g/mol. The third-order valence-electron chi connectivity index (χ3n) is 4.12. The maximum absolute atomic E-state index is 12.0. The van der Waals surface area contributed by atoms with Crippen molar-refractivity contribution in [1.29, 1.82) is 5.26 Å². The Bertz CT molecular complexity index is 774. The van der Waals surface area contributed by atoms with Gasteiger partial charge in [0.25, 0.3) is 5.91 Å². The van der Waals surface area contributed by atoms with Gasteiger partial charge in [0.1, 0.15) is 16.3 Å². The van der Waals surface area contributed by atoms with E-state index in [0.29, 0.717) is 5.75 Å². The van der Waals surface area contributed by atoms with Crippen molar-refractivity contribution in [3.05, 3.63) is 35.3 Å². The molecule has 5 nitrogen and oxygen atoms in total. The van der Waals surface area contributed by atoms with E-state index in [4.69, 9.17) is 4.74 Å². The average molecular weight is 341 g/mol. The third-order valence-corrected chi connectivity index (χ3v) is 5.12. The Morgan fingerprint density at radius 1 is 1.46 bits per heavy atom. The van der Waals surface area contributed by atoms with Crippen LogP contribution in [0.5, 0.6) is 5.75 Å². The molecule has 1 aromatic carbocycles. The molecule has 0 spiro atoms. The maximum atomic E-state index is 12.0. The summed E-state index contributed by atoms with van der Waals surface area (Å²) in [4.78, 5) is 16.5. The van der Waals surface area contributed by atoms with Crippen molar-refractivity contribution >= 4 is 17.2 Å². The van der Waals surface area contributed by atoms with Crippen molar-refractivity contribution in [3.8, 4) is 22.4 Å². The van der Waals surface area contributed by atoms with Crippen molar-refractivity contribution in [2.45, 2.75) is 32.2 Å². The van der Waals surface area contributed by atoms with E-state index in [-0.39, 0.29) is 18.4 Å². The molecule has 6 heteroatoms. The van der Waals surface area contributed by atoms with Gasteiger partial charge in [-0.2, -0.15) is 5.26 Å². The van der Waals surface area contributed by atoms with Crippen molar-refractivity contribution in [3.63, 3.8) is 0 Å². The van der Waals surface area contributed by atoms with Gasteiger partial charge in [0.2, 0.25) is 0 Å². The highest BCUT2D eigenvalue weighted by atomic mass is 32.1. The van der Waals surface area contributed by atoms with Crippen LogP contribution in [0.15, 0.2) is 29.6 Å². The van der Waals surface area contributed by atoms with Crippen molar-refractivity contribution < 1.29 is 9.53 Å². The van der Waals surface area contributed by atoms with Gasteiger partial charge >= 0.3 is 0 Å². The number of nitriles is 1. The second kappa shape index (κ2) is 6.62. The Balaban J connectivity index is 1.55. The van der Waals surface area contributed by atoms with Crippen LogP contribution in [0.4, 0.5) is 0 Å². The summed E-state index contributed by atoms with van der Waals surface area (Å²) in [5.74, 6) is 0.602. The number of benzene rings is 1. The topological polar surface area (TPSA) is 75.0 Å². The molecule has 1 aliphatic rings. The molecule has 0 aliphatic heterocycles. The van der Waals surface area contributed by atoms with Gasteiger partial charge in [-0.1, -0.05) is 0 Å². The zero-order chi connectivity index (χ0) is 17.2. The van der Waals surface area contributed by atoms with Crippen LogP contribution < -0.4 is 10.1 Å². The second-order valence-corrected chi connectivity index (χ2v) is 7.10. The molecule has 1 heterocycles. The van der Waals surface area contributed by atoms with E-state index in [1.54, 1.807) is 18.3 Å². The molecular formula is C18H19N3O2S. The van der Waals surface area contributed by atoms with Gasteiger partial charge in [-0.05, 0) is 56.9 Å². The lowest BCUT2D eigenvalue weighted by atomic mass is 9.98. The number of thiazole rings is 1. The molecule has 3 rings (SSSR count). The second-order valence-electron chi connectivity index (χ2n) is 6.24. The first-order chi connectivity index (χ1) is 11.5. The Labute approximate surface area is 145 Å². The minimum atomic E-state index is -0.785. The van der Waals surface area contributed by atoms with Gasteiger partial charge in [-0.15, -0.1) is 11.3 Å². The number of rotatable bonds is 6. The summed E-state index contributed by atoms with van der Waals surface area (Å²) in [6.07, 6.45) is 1.98. The van der Waals surface area contributed by atoms with Gasteiger partial charge < -0.3 is 10.1 Å². The van der Waals surface area contributed by atoms with E-state index in [1.165, 1.54) is 0 Å². The summed E-state index contributed by atoms with van der Waals surface area (Å²) in [6.45, 7) is 3.64. The SMILES string of the molecule is Cc1csc(-c2ccc(OCC(=O)N[C@@](C)(C#N)C3CC3)cc2)n1. The van der Waals surface area contributed by atoms with Crippen LogP contribution in [0.3, 0.4) is 0 Å². The number of hydrogen-bond donors (Lipinski definition) is 1. The summed E-state index contributed by atoms with van der Waals surface area (Å²) in [6, 6.07) is 9.70. The van der Waals surface area contributed by atoms with E-state index in [9.17, 15) is 10.1 Å². The predicted molar refractivity (Wildman–Crippen MR) is 92.7 cm³/mol. The van der Waals surface area contributed by atoms with Gasteiger partial charge in [0.15, 0.2) is 6.61 Å². The normalized spacial score (nSPS) is 16.0. The smallest absolute Gasteiger partial charge is 0.259 e. The number of carbonyl (C=O) groups is 1. The van der Waals surface area contributed by atoms with E-state index >= 15 is 0 Å². The third kappa shape index (κ3) is 3.74. The fourth-order valence-electron chi connectivity index (χ4n) is 2.54. The molecule has 0 radical (unpaired) electrons. The summed E-state index contributed by atoms with van der Waals surface area (Å²) in [5.41, 5.74) is 1.24. The van der Waals surface area contributed by atoms with E-state index in [2.05, 4.69) is 16.4 Å². The van der Waals surface area contributed by atoms with Crippen LogP contribution in [-0.2, 0) is 4.79 Å². The molecule has 124 valence electrons. The average Bonchev–Trinajstić information content (AvgIpc) is 3.36. The molecule has 1 aromatic heterocycles. The zero-order valence-electron chi connectivity index (χ0n) is 13.7. The lowest BCUT2D eigenvalue weighted by Crippen LogP contribution is -2.48. The van der Waals surface area contributed by atoms with Gasteiger partial charge in [-0.3, -0.25) is 4.79 Å². The van der Waals surface area contributed by atoms with Crippen molar-refractivity contribution in [1.82, 2.24) is 10.3 Å². The summed E-state index contributed by atoms with van der Waals surface area (Å²) >= 11 is 1.60. The lowest BCUT2D eigenvalue weighted by molar-refractivity contribution is -0.124. The van der Waals surface area contributed by atoms with Crippen LogP contribution in [0.25, 0.3) is 10.6 Å². The first-order valence-electron chi connectivity index (χ1n) is 7.88. The Kier molecular flexibility index (Phi) is 4.54. The van der Waals surface area contributed by atoms with Gasteiger partial charge in [0.05, 0.1) is 6.07 Å². The summed E-state index contributed by atoms with van der Waals surface area (Å²) in [7, 11) is 0. The largest absolute Gasteiger partial charge is 0.484 e. The Morgan fingerprint density at radius 2 is 2.17 bits per heavy atom. The molecule has 1 aliphatic carbocycles. The van der Waals surface area contributed by atoms with Gasteiger partial charge in [-0.25, -0.2) is 4.98 Å². The monoisotopic (exact) mass is 341 g/mol. The lowest BCUT2D eigenvalue weighted by Gasteiger charge is -2.22. The number of amides is 1. The fourth-order valence-corrected chi connectivity index (χ4v) is 3.34. The van der Waals surface area contributed by atoms with Crippen LogP contribution >= 0.6 is 11.3 Å². The van der Waals surface area contributed by atoms with Gasteiger partial charge in [0, 0.05) is 16.6 Å². The zero-order valence-corrected chi connectivity index (χ0v) is 14.5. The molecule has 1 N–H and O–H groups in total. The summed E-state index contributed by atoms with van der Waals surface area (Å²) in [5, 5.41) is 15.0. The fraction of sp³-hybridized carbons (Fsp3) is 0.389. The van der Waals surface area contributed by atoms with Crippen LogP contribution in [0.2, 0.25) is 0 Å². The first kappa shape index (κ1) is 16.5. The predicted octanol–water partition coefficient (Wildman–Crippen LogP) is 3.31. The van der Waals surface area contributed by atoms with Crippen LogP contribution in [0.1, 0.15) is 25.5 Å². The number of nitrogens with one attached hydrogen (secondary N) is 1. The Morgan fingerprint density at radius 3 is 2.71 bits per heavy atom. The molecule has 1 saturated carbocycles. The number of carbonyl (C=O) groups excluding carboxylic acids is 1. The van der Waals surface area contributed by atoms with Crippen LogP contribution in [0, 0.1) is 24.2 Å².